The maximum atomic E-state index is 14.6. The van der Waals surface area contributed by atoms with E-state index >= 15 is 0 Å². The minimum absolute atomic E-state index is 0.261. The van der Waals surface area contributed by atoms with Gasteiger partial charge in [0.1, 0.15) is 0 Å². The molecule has 182 valence electrons. The van der Waals surface area contributed by atoms with Crippen molar-refractivity contribution in [2.45, 2.75) is 18.0 Å². The van der Waals surface area contributed by atoms with Crippen molar-refractivity contribution in [2.75, 3.05) is 11.4 Å². The van der Waals surface area contributed by atoms with Gasteiger partial charge >= 0.3 is 0 Å². The number of aromatic nitrogens is 2. The molecule has 1 aromatic heterocycles. The van der Waals surface area contributed by atoms with Crippen molar-refractivity contribution in [2.24, 2.45) is 0 Å². The van der Waals surface area contributed by atoms with Crippen LogP contribution in [0.25, 0.3) is 0 Å². The van der Waals surface area contributed by atoms with Crippen molar-refractivity contribution < 1.29 is 9.72 Å². The molecule has 0 radical (unpaired) electrons. The zero-order valence-electron chi connectivity index (χ0n) is 18.8. The number of amides is 1. The van der Waals surface area contributed by atoms with Gasteiger partial charge in [0, 0.05) is 31.7 Å². The first-order valence-electron chi connectivity index (χ1n) is 11.1. The summed E-state index contributed by atoms with van der Waals surface area (Å²) in [4.78, 5) is 40.2. The fourth-order valence-corrected chi connectivity index (χ4v) is 5.95. The van der Waals surface area contributed by atoms with Crippen LogP contribution in [0.2, 0.25) is 0 Å². The van der Waals surface area contributed by atoms with Gasteiger partial charge in [0.2, 0.25) is 6.54 Å². The Bertz CT molecular complexity index is 1520. The average Bonchev–Trinajstić information content (AvgIpc) is 3.38. The van der Waals surface area contributed by atoms with Gasteiger partial charge in [-0.2, -0.15) is 0 Å². The Morgan fingerprint density at radius 1 is 0.972 bits per heavy atom. The summed E-state index contributed by atoms with van der Waals surface area (Å²) in [6.45, 7) is -0.277. The number of carbonyl (C=O) groups excluding carboxylic acids is 1. The number of aromatic amines is 1. The zero-order valence-corrected chi connectivity index (χ0v) is 22.0. The van der Waals surface area contributed by atoms with Crippen LogP contribution in [-0.4, -0.2) is 27.2 Å². The van der Waals surface area contributed by atoms with Crippen molar-refractivity contribution in [3.63, 3.8) is 0 Å². The van der Waals surface area contributed by atoms with Gasteiger partial charge in [-0.25, -0.2) is 0 Å². The molecule has 2 atom stereocenters. The molecule has 0 aliphatic carbocycles. The van der Waals surface area contributed by atoms with Crippen LogP contribution in [0.4, 0.5) is 5.69 Å². The second-order valence-corrected chi connectivity index (χ2v) is 10.3. The smallest absolute Gasteiger partial charge is 0.264 e. The fourth-order valence-electron chi connectivity index (χ4n) is 5.04. The molecule has 0 bridgehead atoms. The molecule has 1 aliphatic heterocycles. The molecule has 3 aromatic carbocycles. The van der Waals surface area contributed by atoms with Crippen LogP contribution in [0.1, 0.15) is 22.6 Å². The minimum Gasteiger partial charge on any atom is -0.305 e. The van der Waals surface area contributed by atoms with E-state index in [1.54, 1.807) is 35.2 Å². The van der Waals surface area contributed by atoms with Crippen LogP contribution in [0.15, 0.2) is 98.8 Å². The molecule has 1 aliphatic rings. The molecule has 1 N–H and O–H groups in total. The van der Waals surface area contributed by atoms with Gasteiger partial charge in [-0.15, -0.1) is 0 Å². The Hall–Kier alpha value is -3.50. The predicted molar refractivity (Wildman–Crippen MR) is 143 cm³/mol. The maximum Gasteiger partial charge on any atom is 0.264 e. The number of fused-ring (bicyclic) bond motifs is 1. The molecule has 0 saturated heterocycles. The first kappa shape index (κ1) is 24.2. The largest absolute Gasteiger partial charge is 0.305 e. The standard InChI is InChI=1S/C26H20Br2N4O4/c27-18-10-11-20-23(14-18)30(15-17-6-2-1-3-7-17)25(34)26(20,31-13-12-24(33)29-31)21(16-32(35)36)19-8-4-5-9-22(19)28/h1-14,21H,15-16H2,(H,29,33)/t21-,26-/m1/s1. The summed E-state index contributed by atoms with van der Waals surface area (Å²) < 4.78 is 2.83. The third-order valence-electron chi connectivity index (χ3n) is 6.52. The van der Waals surface area contributed by atoms with E-state index in [4.69, 9.17) is 0 Å². The summed E-state index contributed by atoms with van der Waals surface area (Å²) in [5.41, 5.74) is 0.668. The van der Waals surface area contributed by atoms with E-state index in [1.165, 1.54) is 16.9 Å². The van der Waals surface area contributed by atoms with Crippen LogP contribution < -0.4 is 10.5 Å². The number of H-pyrrole nitrogens is 1. The van der Waals surface area contributed by atoms with E-state index in [0.717, 1.165) is 10.0 Å². The molecule has 5 rings (SSSR count). The molecule has 1 amide bonds. The van der Waals surface area contributed by atoms with Crippen molar-refractivity contribution in [3.8, 4) is 0 Å². The molecule has 0 fully saturated rings. The maximum absolute atomic E-state index is 14.6. The monoisotopic (exact) mass is 610 g/mol. The second-order valence-electron chi connectivity index (χ2n) is 8.56. The molecule has 4 aromatic rings. The van der Waals surface area contributed by atoms with Crippen LogP contribution in [0, 0.1) is 10.1 Å². The van der Waals surface area contributed by atoms with Crippen molar-refractivity contribution in [1.82, 2.24) is 9.78 Å². The van der Waals surface area contributed by atoms with E-state index in [2.05, 4.69) is 37.0 Å². The number of rotatable bonds is 7. The zero-order chi connectivity index (χ0) is 25.4. The lowest BCUT2D eigenvalue weighted by Gasteiger charge is -2.36. The van der Waals surface area contributed by atoms with Gasteiger partial charge in [0.15, 0.2) is 5.54 Å². The average molecular weight is 612 g/mol. The van der Waals surface area contributed by atoms with E-state index in [1.807, 2.05) is 42.5 Å². The Labute approximate surface area is 222 Å². The Morgan fingerprint density at radius 3 is 2.36 bits per heavy atom. The number of halogens is 2. The summed E-state index contributed by atoms with van der Waals surface area (Å²) in [6, 6.07) is 23.4. The van der Waals surface area contributed by atoms with Gasteiger partial charge in [0.05, 0.1) is 18.2 Å². The minimum atomic E-state index is -1.61. The highest BCUT2D eigenvalue weighted by atomic mass is 79.9. The van der Waals surface area contributed by atoms with Crippen LogP contribution in [0.3, 0.4) is 0 Å². The van der Waals surface area contributed by atoms with E-state index < -0.39 is 28.5 Å². The fraction of sp³-hybridized carbons (Fsp3) is 0.154. The summed E-state index contributed by atoms with van der Waals surface area (Å²) >= 11 is 7.05. The highest BCUT2D eigenvalue weighted by Crippen LogP contribution is 2.52. The van der Waals surface area contributed by atoms with Crippen molar-refractivity contribution in [1.29, 1.82) is 0 Å². The summed E-state index contributed by atoms with van der Waals surface area (Å²) in [5, 5.41) is 14.8. The van der Waals surface area contributed by atoms with Gasteiger partial charge in [-0.1, -0.05) is 86.5 Å². The number of nitrogens with one attached hydrogen (secondary N) is 1. The lowest BCUT2D eigenvalue weighted by molar-refractivity contribution is -0.485. The van der Waals surface area contributed by atoms with Crippen molar-refractivity contribution in [3.05, 3.63) is 131 Å². The Kier molecular flexibility index (Phi) is 6.40. The molecule has 0 saturated carbocycles. The van der Waals surface area contributed by atoms with Gasteiger partial charge in [-0.05, 0) is 29.3 Å². The number of hydrogen-bond donors (Lipinski definition) is 1. The highest BCUT2D eigenvalue weighted by molar-refractivity contribution is 9.10. The molecule has 0 spiro atoms. The van der Waals surface area contributed by atoms with E-state index in [9.17, 15) is 19.7 Å². The lowest BCUT2D eigenvalue weighted by atomic mass is 9.75. The molecule has 8 nitrogen and oxygen atoms in total. The third kappa shape index (κ3) is 4.00. The second kappa shape index (κ2) is 9.51. The topological polar surface area (TPSA) is 101 Å². The Morgan fingerprint density at radius 2 is 1.69 bits per heavy atom. The number of hydrogen-bond acceptors (Lipinski definition) is 4. The quantitative estimate of drug-likeness (QED) is 0.233. The van der Waals surface area contributed by atoms with E-state index in [0.29, 0.717) is 21.3 Å². The number of carbonyl (C=O) groups is 1. The third-order valence-corrected chi connectivity index (χ3v) is 7.73. The molecule has 10 heteroatoms. The molecular formula is C26H20Br2N4O4. The first-order chi connectivity index (χ1) is 17.3. The normalized spacial score (nSPS) is 17.7. The molecular weight excluding hydrogens is 592 g/mol. The molecule has 36 heavy (non-hydrogen) atoms. The first-order valence-corrected chi connectivity index (χ1v) is 12.7. The molecule has 0 unspecified atom stereocenters. The summed E-state index contributed by atoms with van der Waals surface area (Å²) in [5.74, 6) is -1.31. The van der Waals surface area contributed by atoms with Crippen LogP contribution in [0.5, 0.6) is 0 Å². The predicted octanol–water partition coefficient (Wildman–Crippen LogP) is 5.05. The highest BCUT2D eigenvalue weighted by Gasteiger charge is 2.60. The van der Waals surface area contributed by atoms with E-state index in [-0.39, 0.29) is 12.5 Å². The van der Waals surface area contributed by atoms with Gasteiger partial charge in [-0.3, -0.25) is 29.5 Å². The Balaban J connectivity index is 1.83. The summed E-state index contributed by atoms with van der Waals surface area (Å²) in [6.07, 6.45) is 1.49. The number of nitro groups is 1. The van der Waals surface area contributed by atoms with Gasteiger partial charge < -0.3 is 4.90 Å². The van der Waals surface area contributed by atoms with Crippen molar-refractivity contribution >= 4 is 43.5 Å². The van der Waals surface area contributed by atoms with Crippen LogP contribution in [-0.2, 0) is 16.9 Å². The summed E-state index contributed by atoms with van der Waals surface area (Å²) in [7, 11) is 0. The molecule has 2 heterocycles. The SMILES string of the molecule is O=C1N(Cc2ccccc2)c2cc(Br)ccc2[C@]1([C@H](C[N+](=O)[O-])c1ccccc1Br)n1ccc(=O)[nH]1. The number of benzene rings is 3. The van der Waals surface area contributed by atoms with Gasteiger partial charge in [0.25, 0.3) is 11.5 Å². The lowest BCUT2D eigenvalue weighted by Crippen LogP contribution is -2.52. The van der Waals surface area contributed by atoms with Crippen LogP contribution >= 0.6 is 31.9 Å². The number of anilines is 1. The number of nitrogens with zero attached hydrogens (tertiary/aromatic N) is 3.